The Labute approximate surface area is 323 Å². The van der Waals surface area contributed by atoms with Crippen molar-refractivity contribution < 1.29 is 4.74 Å². The smallest absolute Gasteiger partial charge is 0.138 e. The van der Waals surface area contributed by atoms with Gasteiger partial charge in [0.2, 0.25) is 0 Å². The molecule has 0 bridgehead atoms. The molecular weight excluding hydrogens is 673 g/mol. The number of hydrogen-bond acceptors (Lipinski definition) is 4. The number of ether oxygens (including phenoxy) is 1. The van der Waals surface area contributed by atoms with E-state index in [1.807, 2.05) is 12.3 Å². The molecule has 5 heteroatoms. The van der Waals surface area contributed by atoms with Crippen molar-refractivity contribution in [1.82, 2.24) is 9.55 Å². The fourth-order valence-corrected chi connectivity index (χ4v) is 8.03. The van der Waals surface area contributed by atoms with Crippen LogP contribution in [0.1, 0.15) is 50.7 Å². The van der Waals surface area contributed by atoms with Gasteiger partial charge in [-0.3, -0.25) is 4.57 Å². The monoisotopic (exact) mass is 716 g/mol. The van der Waals surface area contributed by atoms with Crippen LogP contribution < -0.4 is 14.5 Å². The summed E-state index contributed by atoms with van der Waals surface area (Å²) in [6, 6.07) is 53.6. The second-order valence-electron chi connectivity index (χ2n) is 14.9. The molecule has 270 valence electrons. The zero-order valence-corrected chi connectivity index (χ0v) is 31.7. The maximum atomic E-state index is 6.64. The van der Waals surface area contributed by atoms with Crippen molar-refractivity contribution in [2.75, 3.05) is 16.5 Å². The Hall–Kier alpha value is -6.59. The number of nitrogens with zero attached hydrogens (tertiary/aromatic N) is 4. The highest BCUT2D eigenvalue weighted by Gasteiger charge is 2.21. The standard InChI is InChI=1S/C50H44N4O/c1-34(2)41-20-13-21-42(35(3)4)50(41)37-26-27-51-49(30-37)54-47-23-11-9-19-44(47)45-25-24-40(32-48(45)54)55-39-17-12-16-38(31-39)52-28-29-53(33-52)46-22-10-8-18-43(46)36-14-6-5-7-15-36/h5-32,34-35H,33H2,1-4H3. The number of hydrogen-bond donors (Lipinski definition) is 0. The number of anilines is 2. The summed E-state index contributed by atoms with van der Waals surface area (Å²) >= 11 is 0. The fourth-order valence-electron chi connectivity index (χ4n) is 8.03. The number of benzene rings is 6. The molecule has 1 aliphatic rings. The van der Waals surface area contributed by atoms with Crippen LogP contribution >= 0.6 is 0 Å². The van der Waals surface area contributed by atoms with E-state index in [0.717, 1.165) is 39.4 Å². The predicted octanol–water partition coefficient (Wildman–Crippen LogP) is 13.3. The number of aromatic nitrogens is 2. The van der Waals surface area contributed by atoms with Crippen molar-refractivity contribution in [1.29, 1.82) is 0 Å². The minimum atomic E-state index is 0.397. The molecule has 0 N–H and O–H groups in total. The first-order chi connectivity index (χ1) is 26.9. The summed E-state index contributed by atoms with van der Waals surface area (Å²) in [7, 11) is 0. The van der Waals surface area contributed by atoms with Crippen LogP contribution in [-0.2, 0) is 0 Å². The molecule has 0 fully saturated rings. The second-order valence-corrected chi connectivity index (χ2v) is 14.9. The molecule has 8 aromatic rings. The van der Waals surface area contributed by atoms with Crippen molar-refractivity contribution >= 4 is 33.2 Å². The van der Waals surface area contributed by atoms with Crippen molar-refractivity contribution in [3.8, 4) is 39.6 Å². The molecule has 6 aromatic carbocycles. The average molecular weight is 717 g/mol. The highest BCUT2D eigenvalue weighted by Crippen LogP contribution is 2.40. The Kier molecular flexibility index (Phi) is 8.91. The molecule has 0 amide bonds. The first-order valence-corrected chi connectivity index (χ1v) is 19.2. The van der Waals surface area contributed by atoms with E-state index in [0.29, 0.717) is 18.5 Å². The summed E-state index contributed by atoms with van der Waals surface area (Å²) in [5, 5.41) is 2.34. The molecular formula is C50H44N4O. The van der Waals surface area contributed by atoms with E-state index in [9.17, 15) is 0 Å². The van der Waals surface area contributed by atoms with E-state index in [2.05, 4.69) is 200 Å². The van der Waals surface area contributed by atoms with Gasteiger partial charge in [0.1, 0.15) is 17.3 Å². The third-order valence-corrected chi connectivity index (χ3v) is 10.7. The molecule has 1 aliphatic heterocycles. The van der Waals surface area contributed by atoms with Gasteiger partial charge in [-0.05, 0) is 88.2 Å². The van der Waals surface area contributed by atoms with Crippen LogP contribution in [0.2, 0.25) is 0 Å². The summed E-state index contributed by atoms with van der Waals surface area (Å²) in [5.41, 5.74) is 12.0. The van der Waals surface area contributed by atoms with Gasteiger partial charge in [-0.15, -0.1) is 0 Å². The van der Waals surface area contributed by atoms with Crippen molar-refractivity contribution in [3.63, 3.8) is 0 Å². The first-order valence-electron chi connectivity index (χ1n) is 19.2. The number of para-hydroxylation sites is 2. The highest BCUT2D eigenvalue weighted by atomic mass is 16.5. The van der Waals surface area contributed by atoms with E-state index in [1.165, 1.54) is 44.5 Å². The molecule has 55 heavy (non-hydrogen) atoms. The van der Waals surface area contributed by atoms with Crippen LogP contribution in [0.5, 0.6) is 11.5 Å². The third kappa shape index (κ3) is 6.42. The van der Waals surface area contributed by atoms with Crippen LogP contribution in [-0.4, -0.2) is 16.2 Å². The number of fused-ring (bicyclic) bond motifs is 3. The molecule has 3 heterocycles. The summed E-state index contributed by atoms with van der Waals surface area (Å²) in [6.07, 6.45) is 6.23. The van der Waals surface area contributed by atoms with E-state index < -0.39 is 0 Å². The van der Waals surface area contributed by atoms with Gasteiger partial charge in [-0.2, -0.15) is 0 Å². The van der Waals surface area contributed by atoms with Crippen LogP contribution in [0, 0.1) is 0 Å². The van der Waals surface area contributed by atoms with Gasteiger partial charge >= 0.3 is 0 Å². The van der Waals surface area contributed by atoms with E-state index in [4.69, 9.17) is 9.72 Å². The van der Waals surface area contributed by atoms with Crippen molar-refractivity contribution in [3.05, 3.63) is 181 Å². The summed E-state index contributed by atoms with van der Waals surface area (Å²) < 4.78 is 8.92. The second kappa shape index (κ2) is 14.3. The molecule has 2 aromatic heterocycles. The molecule has 9 rings (SSSR count). The topological polar surface area (TPSA) is 33.5 Å². The van der Waals surface area contributed by atoms with Crippen LogP contribution in [0.4, 0.5) is 11.4 Å². The number of rotatable bonds is 9. The Morgan fingerprint density at radius 1 is 0.545 bits per heavy atom. The summed E-state index contributed by atoms with van der Waals surface area (Å²) in [4.78, 5) is 9.52. The van der Waals surface area contributed by atoms with E-state index >= 15 is 0 Å². The molecule has 0 saturated carbocycles. The van der Waals surface area contributed by atoms with Gasteiger partial charge in [0.05, 0.1) is 23.4 Å². The van der Waals surface area contributed by atoms with Crippen LogP contribution in [0.3, 0.4) is 0 Å². The zero-order chi connectivity index (χ0) is 37.5. The van der Waals surface area contributed by atoms with Gasteiger partial charge in [0.15, 0.2) is 0 Å². The van der Waals surface area contributed by atoms with Gasteiger partial charge < -0.3 is 14.5 Å². The molecule has 0 saturated heterocycles. The lowest BCUT2D eigenvalue weighted by atomic mass is 9.85. The fraction of sp³-hybridized carbons (Fsp3) is 0.140. The lowest BCUT2D eigenvalue weighted by Crippen LogP contribution is -2.24. The van der Waals surface area contributed by atoms with Crippen molar-refractivity contribution in [2.24, 2.45) is 0 Å². The lowest BCUT2D eigenvalue weighted by molar-refractivity contribution is 0.483. The van der Waals surface area contributed by atoms with E-state index in [-0.39, 0.29) is 0 Å². The summed E-state index contributed by atoms with van der Waals surface area (Å²) in [5.74, 6) is 3.23. The summed E-state index contributed by atoms with van der Waals surface area (Å²) in [6.45, 7) is 9.80. The first kappa shape index (κ1) is 34.2. The molecule has 0 aliphatic carbocycles. The minimum Gasteiger partial charge on any atom is -0.457 e. The lowest BCUT2D eigenvalue weighted by Gasteiger charge is -2.24. The van der Waals surface area contributed by atoms with Crippen molar-refractivity contribution in [2.45, 2.75) is 39.5 Å². The molecule has 0 atom stereocenters. The van der Waals surface area contributed by atoms with Gasteiger partial charge in [-0.1, -0.05) is 119 Å². The van der Waals surface area contributed by atoms with Crippen LogP contribution in [0.15, 0.2) is 170 Å². The largest absolute Gasteiger partial charge is 0.457 e. The predicted molar refractivity (Wildman–Crippen MR) is 230 cm³/mol. The Balaban J connectivity index is 1.04. The maximum absolute atomic E-state index is 6.64. The van der Waals surface area contributed by atoms with Crippen LogP contribution in [0.25, 0.3) is 49.9 Å². The Morgan fingerprint density at radius 2 is 1.24 bits per heavy atom. The SMILES string of the molecule is CC(C)c1cccc(C(C)C)c1-c1ccnc(-n2c3ccccc3c3ccc(Oc4cccc(N5C=CN(c6ccccc6-c6ccccc6)C5)c4)cc32)c1. The zero-order valence-electron chi connectivity index (χ0n) is 31.7. The van der Waals surface area contributed by atoms with E-state index in [1.54, 1.807) is 0 Å². The Bertz CT molecular complexity index is 2660. The number of pyridine rings is 1. The third-order valence-electron chi connectivity index (χ3n) is 10.7. The quantitative estimate of drug-likeness (QED) is 0.149. The maximum Gasteiger partial charge on any atom is 0.138 e. The van der Waals surface area contributed by atoms with Gasteiger partial charge in [0.25, 0.3) is 0 Å². The molecule has 5 nitrogen and oxygen atoms in total. The normalized spacial score (nSPS) is 12.8. The van der Waals surface area contributed by atoms with Gasteiger partial charge in [0, 0.05) is 52.8 Å². The molecule has 0 spiro atoms. The average Bonchev–Trinajstić information content (AvgIpc) is 3.84. The molecule has 0 unspecified atom stereocenters. The Morgan fingerprint density at radius 3 is 2.05 bits per heavy atom. The minimum absolute atomic E-state index is 0.397. The molecule has 0 radical (unpaired) electrons. The highest BCUT2D eigenvalue weighted by molar-refractivity contribution is 6.09. The van der Waals surface area contributed by atoms with Gasteiger partial charge in [-0.25, -0.2) is 4.98 Å².